The third kappa shape index (κ3) is 3.93. The zero-order valence-corrected chi connectivity index (χ0v) is 16.6. The van der Waals surface area contributed by atoms with Gasteiger partial charge in [0.1, 0.15) is 0 Å². The van der Waals surface area contributed by atoms with Crippen LogP contribution in [0, 0.1) is 6.92 Å². The first-order chi connectivity index (χ1) is 14.0. The van der Waals surface area contributed by atoms with Crippen molar-refractivity contribution in [3.05, 3.63) is 88.2 Å². The number of nitrogens with one attached hydrogen (secondary N) is 1. The van der Waals surface area contributed by atoms with Crippen molar-refractivity contribution in [2.45, 2.75) is 19.9 Å². The molecule has 6 nitrogen and oxygen atoms in total. The molecule has 4 rings (SSSR count). The highest BCUT2D eigenvalue weighted by Crippen LogP contribution is 2.25. The van der Waals surface area contributed by atoms with E-state index in [-0.39, 0.29) is 24.4 Å². The molecule has 0 saturated heterocycles. The van der Waals surface area contributed by atoms with Gasteiger partial charge in [0.15, 0.2) is 0 Å². The van der Waals surface area contributed by atoms with Crippen LogP contribution in [0.4, 0.5) is 5.69 Å². The fraction of sp³-hybridized carbons (Fsp3) is 0.136. The number of fused-ring (bicyclic) bond motifs is 1. The number of carbonyl (C=O) groups is 1. The summed E-state index contributed by atoms with van der Waals surface area (Å²) in [7, 11) is 0. The minimum Gasteiger partial charge on any atom is -0.324 e. The first-order valence-corrected chi connectivity index (χ1v) is 9.58. The molecule has 29 heavy (non-hydrogen) atoms. The van der Waals surface area contributed by atoms with E-state index in [4.69, 9.17) is 11.6 Å². The summed E-state index contributed by atoms with van der Waals surface area (Å²) in [4.78, 5) is 29.6. The topological polar surface area (TPSA) is 68.9 Å². The second-order valence-electron chi connectivity index (χ2n) is 6.76. The number of amides is 1. The van der Waals surface area contributed by atoms with Gasteiger partial charge in [0.05, 0.1) is 28.6 Å². The number of hydrogen-bond donors (Lipinski definition) is 1. The van der Waals surface area contributed by atoms with Crippen LogP contribution < -0.4 is 10.9 Å². The largest absolute Gasteiger partial charge is 0.324 e. The maximum atomic E-state index is 12.7. The highest BCUT2D eigenvalue weighted by molar-refractivity contribution is 6.30. The lowest BCUT2D eigenvalue weighted by atomic mass is 10.1. The fourth-order valence-corrected chi connectivity index (χ4v) is 3.42. The summed E-state index contributed by atoms with van der Waals surface area (Å²) in [5, 5.41) is 4.04. The lowest BCUT2D eigenvalue weighted by molar-refractivity contribution is -0.116. The predicted molar refractivity (Wildman–Crippen MR) is 115 cm³/mol. The summed E-state index contributed by atoms with van der Waals surface area (Å²) in [6.45, 7) is 2.16. The van der Waals surface area contributed by atoms with E-state index in [1.54, 1.807) is 24.3 Å². The zero-order chi connectivity index (χ0) is 20.4. The summed E-state index contributed by atoms with van der Waals surface area (Å²) in [5.74, 6) is -0.197. The summed E-state index contributed by atoms with van der Waals surface area (Å²) in [6, 6.07) is 14.6. The van der Waals surface area contributed by atoms with Crippen molar-refractivity contribution in [2.75, 3.05) is 5.32 Å². The summed E-state index contributed by atoms with van der Waals surface area (Å²) in [5.41, 5.74) is 2.91. The van der Waals surface area contributed by atoms with Gasteiger partial charge in [0.2, 0.25) is 5.91 Å². The number of nitrogens with zero attached hydrogens (tertiary/aromatic N) is 3. The third-order valence-electron chi connectivity index (χ3n) is 4.75. The molecular formula is C22H19ClN4O2. The third-order valence-corrected chi connectivity index (χ3v) is 4.99. The lowest BCUT2D eigenvalue weighted by Gasteiger charge is -2.13. The van der Waals surface area contributed by atoms with Crippen LogP contribution in [0.1, 0.15) is 12.0 Å². The maximum absolute atomic E-state index is 12.7. The predicted octanol–water partition coefficient (Wildman–Crippen LogP) is 4.18. The van der Waals surface area contributed by atoms with E-state index in [0.717, 1.165) is 11.3 Å². The van der Waals surface area contributed by atoms with Gasteiger partial charge in [-0.3, -0.25) is 14.2 Å². The molecule has 0 radical (unpaired) electrons. The van der Waals surface area contributed by atoms with E-state index in [2.05, 4.69) is 10.3 Å². The Labute approximate surface area is 172 Å². The van der Waals surface area contributed by atoms with Crippen LogP contribution in [-0.4, -0.2) is 20.0 Å². The Morgan fingerprint density at radius 2 is 1.93 bits per heavy atom. The standard InChI is InChI=1S/C22H19ClN4O2/c1-15-5-4-6-17-21(15)24-14-27(22(17)29)12-9-20(28)25-18-8-7-16(23)13-19(18)26-10-2-3-11-26/h2-8,10-11,13-14H,9,12H2,1H3,(H,25,28). The number of hydrogen-bond acceptors (Lipinski definition) is 3. The molecule has 2 heterocycles. The Hall–Kier alpha value is -3.38. The summed E-state index contributed by atoms with van der Waals surface area (Å²) >= 11 is 6.12. The quantitative estimate of drug-likeness (QED) is 0.540. The van der Waals surface area contributed by atoms with E-state index in [1.165, 1.54) is 10.9 Å². The molecule has 0 atom stereocenters. The van der Waals surface area contributed by atoms with Crippen LogP contribution in [0.25, 0.3) is 16.6 Å². The maximum Gasteiger partial charge on any atom is 0.261 e. The first kappa shape index (κ1) is 19.0. The van der Waals surface area contributed by atoms with Gasteiger partial charge in [0, 0.05) is 30.4 Å². The number of aromatic nitrogens is 3. The van der Waals surface area contributed by atoms with Gasteiger partial charge in [0.25, 0.3) is 5.56 Å². The number of rotatable bonds is 5. The number of anilines is 1. The molecule has 1 N–H and O–H groups in total. The van der Waals surface area contributed by atoms with E-state index in [0.29, 0.717) is 21.6 Å². The average Bonchev–Trinajstić information content (AvgIpc) is 3.24. The van der Waals surface area contributed by atoms with E-state index < -0.39 is 0 Å². The minimum absolute atomic E-state index is 0.145. The van der Waals surface area contributed by atoms with Crippen molar-refractivity contribution in [1.29, 1.82) is 0 Å². The number of para-hydroxylation sites is 1. The second kappa shape index (κ2) is 7.93. The molecule has 0 spiro atoms. The number of carbonyl (C=O) groups excluding carboxylic acids is 1. The molecule has 0 saturated carbocycles. The molecule has 0 aliphatic heterocycles. The normalized spacial score (nSPS) is 11.0. The Balaban J connectivity index is 1.51. The highest BCUT2D eigenvalue weighted by Gasteiger charge is 2.11. The van der Waals surface area contributed by atoms with Gasteiger partial charge in [-0.05, 0) is 48.9 Å². The summed E-state index contributed by atoms with van der Waals surface area (Å²) in [6.07, 6.45) is 5.40. The molecule has 2 aromatic heterocycles. The average molecular weight is 407 g/mol. The van der Waals surface area contributed by atoms with Crippen LogP contribution in [0.5, 0.6) is 0 Å². The van der Waals surface area contributed by atoms with Crippen LogP contribution in [-0.2, 0) is 11.3 Å². The van der Waals surface area contributed by atoms with E-state index in [9.17, 15) is 9.59 Å². The molecule has 0 bridgehead atoms. The highest BCUT2D eigenvalue weighted by atomic mass is 35.5. The van der Waals surface area contributed by atoms with Gasteiger partial charge in [-0.2, -0.15) is 0 Å². The number of halogens is 1. The fourth-order valence-electron chi connectivity index (χ4n) is 3.25. The van der Waals surface area contributed by atoms with Crippen molar-refractivity contribution in [2.24, 2.45) is 0 Å². The monoisotopic (exact) mass is 406 g/mol. The summed E-state index contributed by atoms with van der Waals surface area (Å²) < 4.78 is 3.34. The molecule has 0 unspecified atom stereocenters. The van der Waals surface area contributed by atoms with Crippen LogP contribution >= 0.6 is 11.6 Å². The van der Waals surface area contributed by atoms with Gasteiger partial charge in [-0.1, -0.05) is 23.7 Å². The molecule has 0 fully saturated rings. The molecule has 1 amide bonds. The van der Waals surface area contributed by atoms with Gasteiger partial charge < -0.3 is 9.88 Å². The van der Waals surface area contributed by atoms with Crippen molar-refractivity contribution >= 4 is 34.1 Å². The van der Waals surface area contributed by atoms with Crippen LogP contribution in [0.2, 0.25) is 5.02 Å². The Kier molecular flexibility index (Phi) is 5.18. The van der Waals surface area contributed by atoms with Crippen LogP contribution in [0.3, 0.4) is 0 Å². The van der Waals surface area contributed by atoms with Gasteiger partial charge in [-0.15, -0.1) is 0 Å². The zero-order valence-electron chi connectivity index (χ0n) is 15.8. The molecule has 2 aromatic carbocycles. The molecule has 4 aromatic rings. The molecule has 146 valence electrons. The smallest absolute Gasteiger partial charge is 0.261 e. The Morgan fingerprint density at radius 1 is 1.14 bits per heavy atom. The molecular weight excluding hydrogens is 388 g/mol. The SMILES string of the molecule is Cc1cccc2c(=O)n(CCC(=O)Nc3ccc(Cl)cc3-n3cccc3)cnc12. The van der Waals surface area contributed by atoms with E-state index >= 15 is 0 Å². The lowest BCUT2D eigenvalue weighted by Crippen LogP contribution is -2.24. The molecule has 0 aliphatic carbocycles. The number of aryl methyl sites for hydroxylation is 2. The van der Waals surface area contributed by atoms with Gasteiger partial charge >= 0.3 is 0 Å². The van der Waals surface area contributed by atoms with Gasteiger partial charge in [-0.25, -0.2) is 4.98 Å². The molecule has 7 heteroatoms. The van der Waals surface area contributed by atoms with Crippen molar-refractivity contribution < 1.29 is 4.79 Å². The number of benzene rings is 2. The minimum atomic E-state index is -0.197. The van der Waals surface area contributed by atoms with Crippen LogP contribution in [0.15, 0.2) is 72.0 Å². The van der Waals surface area contributed by atoms with Crippen molar-refractivity contribution in [3.8, 4) is 5.69 Å². The second-order valence-corrected chi connectivity index (χ2v) is 7.20. The van der Waals surface area contributed by atoms with E-state index in [1.807, 2.05) is 48.1 Å². The Morgan fingerprint density at radius 3 is 2.72 bits per heavy atom. The van der Waals surface area contributed by atoms with Crippen molar-refractivity contribution in [3.63, 3.8) is 0 Å². The Bertz CT molecular complexity index is 1250. The first-order valence-electron chi connectivity index (χ1n) is 9.20. The molecule has 0 aliphatic rings. The van der Waals surface area contributed by atoms with Crippen molar-refractivity contribution in [1.82, 2.24) is 14.1 Å².